The number of hydrogen-bond acceptors (Lipinski definition) is 2. The summed E-state index contributed by atoms with van der Waals surface area (Å²) < 4.78 is 1.02. The third kappa shape index (κ3) is 1.27. The van der Waals surface area contributed by atoms with Gasteiger partial charge in [-0.3, -0.25) is 0 Å². The summed E-state index contributed by atoms with van der Waals surface area (Å²) in [5.74, 6) is 0. The fraction of sp³-hybridized carbons (Fsp3) is 0.333. The van der Waals surface area contributed by atoms with Crippen LogP contribution >= 0.6 is 15.9 Å². The van der Waals surface area contributed by atoms with Crippen LogP contribution < -0.4 is 0 Å². The van der Waals surface area contributed by atoms with Crippen molar-refractivity contribution in [3.8, 4) is 0 Å². The second-order valence-electron chi connectivity index (χ2n) is 1.90. The molecule has 1 rings (SSSR count). The van der Waals surface area contributed by atoms with Crippen molar-refractivity contribution in [2.24, 2.45) is 0 Å². The third-order valence-corrected chi connectivity index (χ3v) is 2.08. The van der Waals surface area contributed by atoms with Crippen molar-refractivity contribution in [1.82, 2.24) is 10.2 Å². The summed E-state index contributed by atoms with van der Waals surface area (Å²) in [6, 6.07) is 0. The van der Waals surface area contributed by atoms with Crippen LogP contribution in [0, 0.1) is 13.8 Å². The standard InChI is InChI=1S/C6H7BrN2/c1-4-5(2)9-8-3-6(4)7/h3H,1-2H3. The molecule has 0 aromatic carbocycles. The van der Waals surface area contributed by atoms with Crippen LogP contribution in [0.2, 0.25) is 0 Å². The van der Waals surface area contributed by atoms with Gasteiger partial charge >= 0.3 is 0 Å². The summed E-state index contributed by atoms with van der Waals surface area (Å²) in [6.07, 6.45) is 1.70. The first-order valence-electron chi connectivity index (χ1n) is 2.66. The van der Waals surface area contributed by atoms with Crippen LogP contribution in [-0.2, 0) is 0 Å². The number of halogens is 1. The van der Waals surface area contributed by atoms with Crippen LogP contribution in [0.25, 0.3) is 0 Å². The number of nitrogens with zero attached hydrogens (tertiary/aromatic N) is 2. The molecule has 0 fully saturated rings. The van der Waals surface area contributed by atoms with E-state index in [1.54, 1.807) is 6.20 Å². The van der Waals surface area contributed by atoms with E-state index in [1.165, 1.54) is 0 Å². The van der Waals surface area contributed by atoms with Gasteiger partial charge in [0, 0.05) is 4.47 Å². The molecule has 3 heteroatoms. The van der Waals surface area contributed by atoms with Gasteiger partial charge in [0.1, 0.15) is 0 Å². The molecule has 48 valence electrons. The van der Waals surface area contributed by atoms with Crippen molar-refractivity contribution in [1.29, 1.82) is 0 Å². The number of rotatable bonds is 0. The van der Waals surface area contributed by atoms with Gasteiger partial charge in [-0.1, -0.05) is 0 Å². The highest BCUT2D eigenvalue weighted by Gasteiger charge is 1.96. The second kappa shape index (κ2) is 2.43. The Morgan fingerprint density at radius 3 is 2.56 bits per heavy atom. The quantitative estimate of drug-likeness (QED) is 0.619. The summed E-state index contributed by atoms with van der Waals surface area (Å²) in [5, 5.41) is 7.61. The molecule has 0 aliphatic heterocycles. The molecule has 0 aliphatic rings. The fourth-order valence-electron chi connectivity index (χ4n) is 0.511. The maximum atomic E-state index is 3.86. The normalized spacial score (nSPS) is 9.67. The molecule has 0 bridgehead atoms. The zero-order valence-electron chi connectivity index (χ0n) is 5.35. The van der Waals surface area contributed by atoms with Gasteiger partial charge in [-0.15, -0.1) is 0 Å². The zero-order chi connectivity index (χ0) is 6.85. The summed E-state index contributed by atoms with van der Waals surface area (Å²) in [6.45, 7) is 3.95. The Morgan fingerprint density at radius 2 is 2.11 bits per heavy atom. The first-order chi connectivity index (χ1) is 4.22. The lowest BCUT2D eigenvalue weighted by Gasteiger charge is -1.96. The monoisotopic (exact) mass is 186 g/mol. The lowest BCUT2D eigenvalue weighted by atomic mass is 10.3. The van der Waals surface area contributed by atoms with Crippen LogP contribution in [0.5, 0.6) is 0 Å². The molecule has 1 aromatic heterocycles. The van der Waals surface area contributed by atoms with Crippen LogP contribution in [0.3, 0.4) is 0 Å². The molecule has 2 nitrogen and oxygen atoms in total. The lowest BCUT2D eigenvalue weighted by molar-refractivity contribution is 0.952. The van der Waals surface area contributed by atoms with E-state index in [1.807, 2.05) is 13.8 Å². The van der Waals surface area contributed by atoms with Crippen molar-refractivity contribution in [2.75, 3.05) is 0 Å². The Kier molecular flexibility index (Phi) is 1.81. The van der Waals surface area contributed by atoms with Crippen molar-refractivity contribution in [3.05, 3.63) is 21.9 Å². The second-order valence-corrected chi connectivity index (χ2v) is 2.76. The van der Waals surface area contributed by atoms with E-state index in [-0.39, 0.29) is 0 Å². The molecule has 0 spiro atoms. The number of hydrogen-bond donors (Lipinski definition) is 0. The van der Waals surface area contributed by atoms with Gasteiger partial charge in [0.2, 0.25) is 0 Å². The first-order valence-corrected chi connectivity index (χ1v) is 3.45. The van der Waals surface area contributed by atoms with Crippen LogP contribution in [0.1, 0.15) is 11.3 Å². The Labute approximate surface area is 62.4 Å². The van der Waals surface area contributed by atoms with Crippen LogP contribution in [0.4, 0.5) is 0 Å². The van der Waals surface area contributed by atoms with Gasteiger partial charge in [0.15, 0.2) is 0 Å². The highest BCUT2D eigenvalue weighted by Crippen LogP contribution is 2.14. The molecule has 1 aromatic rings. The topological polar surface area (TPSA) is 25.8 Å². The summed E-state index contributed by atoms with van der Waals surface area (Å²) in [4.78, 5) is 0. The van der Waals surface area contributed by atoms with Gasteiger partial charge in [0.25, 0.3) is 0 Å². The van der Waals surface area contributed by atoms with Gasteiger partial charge in [-0.05, 0) is 35.3 Å². The SMILES string of the molecule is Cc1nncc(Br)c1C. The largest absolute Gasteiger partial charge is 0.158 e. The minimum atomic E-state index is 0.976. The highest BCUT2D eigenvalue weighted by atomic mass is 79.9. The maximum Gasteiger partial charge on any atom is 0.0641 e. The Morgan fingerprint density at radius 1 is 1.44 bits per heavy atom. The smallest absolute Gasteiger partial charge is 0.0641 e. The van der Waals surface area contributed by atoms with E-state index in [4.69, 9.17) is 0 Å². The van der Waals surface area contributed by atoms with Crippen LogP contribution in [0.15, 0.2) is 10.7 Å². The average Bonchev–Trinajstić information content (AvgIpc) is 1.83. The molecule has 0 aliphatic carbocycles. The Balaban J connectivity index is 3.25. The van der Waals surface area contributed by atoms with Crippen LogP contribution in [-0.4, -0.2) is 10.2 Å². The Hall–Kier alpha value is -0.440. The van der Waals surface area contributed by atoms with Crippen molar-refractivity contribution < 1.29 is 0 Å². The molecule has 0 atom stereocenters. The summed E-state index contributed by atoms with van der Waals surface area (Å²) in [7, 11) is 0. The van der Waals surface area contributed by atoms with Gasteiger partial charge < -0.3 is 0 Å². The average molecular weight is 187 g/mol. The maximum absolute atomic E-state index is 3.86. The summed E-state index contributed by atoms with van der Waals surface area (Å²) >= 11 is 3.34. The van der Waals surface area contributed by atoms with Crippen molar-refractivity contribution >= 4 is 15.9 Å². The molecule has 9 heavy (non-hydrogen) atoms. The summed E-state index contributed by atoms with van der Waals surface area (Å²) in [5.41, 5.74) is 2.13. The lowest BCUT2D eigenvalue weighted by Crippen LogP contribution is -1.89. The van der Waals surface area contributed by atoms with E-state index < -0.39 is 0 Å². The van der Waals surface area contributed by atoms with E-state index >= 15 is 0 Å². The fourth-order valence-corrected chi connectivity index (χ4v) is 0.889. The number of aryl methyl sites for hydroxylation is 1. The minimum Gasteiger partial charge on any atom is -0.158 e. The van der Waals surface area contributed by atoms with E-state index in [2.05, 4.69) is 26.1 Å². The van der Waals surface area contributed by atoms with Gasteiger partial charge in [-0.25, -0.2) is 0 Å². The van der Waals surface area contributed by atoms with Crippen molar-refractivity contribution in [3.63, 3.8) is 0 Å². The van der Waals surface area contributed by atoms with Gasteiger partial charge in [-0.2, -0.15) is 10.2 Å². The van der Waals surface area contributed by atoms with E-state index in [0.717, 1.165) is 15.7 Å². The molecule has 1 heterocycles. The van der Waals surface area contributed by atoms with Gasteiger partial charge in [0.05, 0.1) is 11.9 Å². The minimum absolute atomic E-state index is 0.976. The van der Waals surface area contributed by atoms with E-state index in [9.17, 15) is 0 Å². The zero-order valence-corrected chi connectivity index (χ0v) is 6.94. The Bertz CT molecular complexity index is 202. The molecule has 0 saturated heterocycles. The molecular weight excluding hydrogens is 180 g/mol. The van der Waals surface area contributed by atoms with Crippen molar-refractivity contribution in [2.45, 2.75) is 13.8 Å². The third-order valence-electron chi connectivity index (χ3n) is 1.28. The predicted octanol–water partition coefficient (Wildman–Crippen LogP) is 1.86. The molecule has 0 radical (unpaired) electrons. The highest BCUT2D eigenvalue weighted by molar-refractivity contribution is 9.10. The molecule has 0 amide bonds. The molecule has 0 unspecified atom stereocenters. The predicted molar refractivity (Wildman–Crippen MR) is 39.2 cm³/mol. The molecular formula is C6H7BrN2. The first kappa shape index (κ1) is 6.68. The molecule has 0 saturated carbocycles. The molecule has 0 N–H and O–H groups in total. The van der Waals surface area contributed by atoms with E-state index in [0.29, 0.717) is 0 Å². The number of aromatic nitrogens is 2.